The third kappa shape index (κ3) is 3.64. The van der Waals surface area contributed by atoms with Gasteiger partial charge in [-0.3, -0.25) is 14.3 Å². The predicted octanol–water partition coefficient (Wildman–Crippen LogP) is 2.48. The number of H-pyrrole nitrogens is 1. The van der Waals surface area contributed by atoms with Gasteiger partial charge < -0.3 is 14.9 Å². The molecule has 1 saturated heterocycles. The van der Waals surface area contributed by atoms with Gasteiger partial charge in [0.2, 0.25) is 0 Å². The number of nitrogens with one attached hydrogen (secondary N) is 1. The molecule has 2 heterocycles. The molecule has 36 heavy (non-hydrogen) atoms. The first-order chi connectivity index (χ1) is 17.5. The molecule has 1 aromatic heterocycles. The summed E-state index contributed by atoms with van der Waals surface area (Å²) >= 11 is 0. The summed E-state index contributed by atoms with van der Waals surface area (Å²) in [5.41, 5.74) is -0.436. The Kier molecular flexibility index (Phi) is 5.32. The standard InChI is InChI=1S/C29H20N2O5/c32-16-24-23(33)14-25(36-24)31-15-21(28(34)30-29(31)35)5-2-1-4-17-8-9-20-11-10-18-6-3-7-19-12-13-22(17)27(20)26(18)19/h3,6-13,15,23-25,32-33H,14,16H2,(H,30,34,35)/t23-,24+,25+/m0/s1. The first-order valence-electron chi connectivity index (χ1n) is 11.5. The lowest BCUT2D eigenvalue weighted by Gasteiger charge is -2.14. The summed E-state index contributed by atoms with van der Waals surface area (Å²) in [4.78, 5) is 26.8. The van der Waals surface area contributed by atoms with E-state index < -0.39 is 29.7 Å². The average Bonchev–Trinajstić information content (AvgIpc) is 3.27. The van der Waals surface area contributed by atoms with Crippen molar-refractivity contribution in [2.75, 3.05) is 6.61 Å². The summed E-state index contributed by atoms with van der Waals surface area (Å²) in [5, 5.41) is 26.1. The number of aliphatic hydroxyl groups excluding tert-OH is 2. The van der Waals surface area contributed by atoms with Crippen molar-refractivity contribution < 1.29 is 14.9 Å². The number of benzene rings is 4. The van der Waals surface area contributed by atoms with Crippen LogP contribution in [0.1, 0.15) is 23.8 Å². The molecule has 7 nitrogen and oxygen atoms in total. The lowest BCUT2D eigenvalue weighted by atomic mass is 9.92. The van der Waals surface area contributed by atoms with Crippen LogP contribution < -0.4 is 11.2 Å². The van der Waals surface area contributed by atoms with Crippen LogP contribution in [0.3, 0.4) is 0 Å². The van der Waals surface area contributed by atoms with E-state index in [0.29, 0.717) is 0 Å². The third-order valence-electron chi connectivity index (χ3n) is 6.65. The maximum absolute atomic E-state index is 12.3. The number of ether oxygens (including phenoxy) is 1. The first kappa shape index (κ1) is 22.1. The minimum atomic E-state index is -0.913. The van der Waals surface area contributed by atoms with Crippen molar-refractivity contribution in [3.63, 3.8) is 0 Å². The molecule has 0 spiro atoms. The van der Waals surface area contributed by atoms with Gasteiger partial charge in [0.15, 0.2) is 0 Å². The summed E-state index contributed by atoms with van der Waals surface area (Å²) < 4.78 is 6.69. The van der Waals surface area contributed by atoms with Gasteiger partial charge in [-0.25, -0.2) is 4.79 Å². The molecule has 0 radical (unpaired) electrons. The topological polar surface area (TPSA) is 105 Å². The highest BCUT2D eigenvalue weighted by Gasteiger charge is 2.35. The van der Waals surface area contributed by atoms with Crippen molar-refractivity contribution in [1.82, 2.24) is 9.55 Å². The summed E-state index contributed by atoms with van der Waals surface area (Å²) in [5.74, 6) is 11.3. The van der Waals surface area contributed by atoms with Gasteiger partial charge >= 0.3 is 5.69 Å². The predicted molar refractivity (Wildman–Crippen MR) is 137 cm³/mol. The van der Waals surface area contributed by atoms with Crippen molar-refractivity contribution >= 4 is 32.3 Å². The quantitative estimate of drug-likeness (QED) is 0.268. The molecule has 1 aliphatic heterocycles. The van der Waals surface area contributed by atoms with E-state index in [9.17, 15) is 19.8 Å². The fraction of sp³-hybridized carbons (Fsp3) is 0.172. The lowest BCUT2D eigenvalue weighted by molar-refractivity contribution is -0.0459. The van der Waals surface area contributed by atoms with Gasteiger partial charge in [-0.15, -0.1) is 0 Å². The number of aromatic nitrogens is 2. The number of rotatable bonds is 2. The van der Waals surface area contributed by atoms with Crippen molar-refractivity contribution in [2.24, 2.45) is 0 Å². The second-order valence-corrected chi connectivity index (χ2v) is 8.79. The molecular formula is C29H20N2O5. The Bertz CT molecular complexity index is 1860. The normalized spacial score (nSPS) is 19.3. The van der Waals surface area contributed by atoms with E-state index in [1.165, 1.54) is 26.9 Å². The SMILES string of the molecule is O=c1[nH]c(=O)n([C@H]2C[C@H](O)[C@@H](CO)O2)cc1C#CC#Cc1ccc2ccc3cccc4ccc1c2c34. The van der Waals surface area contributed by atoms with Crippen LogP contribution in [0.25, 0.3) is 32.3 Å². The van der Waals surface area contributed by atoms with Crippen LogP contribution >= 0.6 is 0 Å². The fourth-order valence-electron chi connectivity index (χ4n) is 4.88. The van der Waals surface area contributed by atoms with Gasteiger partial charge in [0.1, 0.15) is 17.9 Å². The molecule has 0 aliphatic carbocycles. The molecule has 0 bridgehead atoms. The zero-order chi connectivity index (χ0) is 24.8. The molecule has 0 unspecified atom stereocenters. The molecule has 6 rings (SSSR count). The number of hydrogen-bond acceptors (Lipinski definition) is 5. The highest BCUT2D eigenvalue weighted by Crippen LogP contribution is 2.35. The van der Waals surface area contributed by atoms with Crippen LogP contribution in [-0.2, 0) is 4.74 Å². The van der Waals surface area contributed by atoms with Gasteiger partial charge in [-0.2, -0.15) is 0 Å². The van der Waals surface area contributed by atoms with Crippen LogP contribution in [0, 0.1) is 23.7 Å². The number of aliphatic hydroxyl groups is 2. The minimum Gasteiger partial charge on any atom is -0.394 e. The van der Waals surface area contributed by atoms with Crippen LogP contribution in [0.5, 0.6) is 0 Å². The Morgan fingerprint density at radius 1 is 0.917 bits per heavy atom. The molecule has 176 valence electrons. The third-order valence-corrected chi connectivity index (χ3v) is 6.65. The maximum Gasteiger partial charge on any atom is 0.330 e. The van der Waals surface area contributed by atoms with Crippen LogP contribution in [0.2, 0.25) is 0 Å². The van der Waals surface area contributed by atoms with Crippen LogP contribution in [0.15, 0.2) is 70.4 Å². The Morgan fingerprint density at radius 2 is 1.58 bits per heavy atom. The fourth-order valence-corrected chi connectivity index (χ4v) is 4.88. The van der Waals surface area contributed by atoms with Crippen LogP contribution in [0.4, 0.5) is 0 Å². The second kappa shape index (κ2) is 8.67. The van der Waals surface area contributed by atoms with Gasteiger partial charge in [-0.1, -0.05) is 54.5 Å². The Hall–Kier alpha value is -4.40. The largest absolute Gasteiger partial charge is 0.394 e. The van der Waals surface area contributed by atoms with E-state index >= 15 is 0 Å². The summed E-state index contributed by atoms with van der Waals surface area (Å²) in [6.45, 7) is -0.374. The molecule has 1 fully saturated rings. The lowest BCUT2D eigenvalue weighted by Crippen LogP contribution is -2.33. The first-order valence-corrected chi connectivity index (χ1v) is 11.5. The van der Waals surface area contributed by atoms with E-state index in [1.807, 2.05) is 12.1 Å². The Labute approximate surface area is 204 Å². The Balaban J connectivity index is 1.36. The molecule has 5 aromatic rings. The zero-order valence-electron chi connectivity index (χ0n) is 19.0. The average molecular weight is 476 g/mol. The molecule has 0 amide bonds. The molecule has 0 saturated carbocycles. The molecule has 3 atom stereocenters. The van der Waals surface area contributed by atoms with Crippen molar-refractivity contribution in [1.29, 1.82) is 0 Å². The van der Waals surface area contributed by atoms with Crippen LogP contribution in [-0.4, -0.2) is 38.6 Å². The molecular weight excluding hydrogens is 456 g/mol. The molecule has 7 heteroatoms. The highest BCUT2D eigenvalue weighted by molar-refractivity contribution is 6.23. The summed E-state index contributed by atoms with van der Waals surface area (Å²) in [7, 11) is 0. The van der Waals surface area contributed by atoms with Gasteiger partial charge in [0, 0.05) is 18.2 Å². The van der Waals surface area contributed by atoms with E-state index in [0.717, 1.165) is 21.7 Å². The smallest absolute Gasteiger partial charge is 0.330 e. The molecule has 1 aliphatic rings. The minimum absolute atomic E-state index is 0.0461. The van der Waals surface area contributed by atoms with E-state index in [2.05, 4.69) is 71.1 Å². The zero-order valence-corrected chi connectivity index (χ0v) is 19.0. The number of aromatic amines is 1. The number of hydrogen-bond donors (Lipinski definition) is 3. The van der Waals surface area contributed by atoms with E-state index in [4.69, 9.17) is 4.74 Å². The summed E-state index contributed by atoms with van der Waals surface area (Å²) in [6.07, 6.45) is -1.11. The van der Waals surface area contributed by atoms with Crippen molar-refractivity contribution in [3.05, 3.63) is 92.8 Å². The summed E-state index contributed by atoms with van der Waals surface area (Å²) in [6, 6.07) is 18.6. The van der Waals surface area contributed by atoms with E-state index in [-0.39, 0.29) is 18.6 Å². The van der Waals surface area contributed by atoms with Crippen molar-refractivity contribution in [2.45, 2.75) is 24.9 Å². The Morgan fingerprint density at radius 3 is 2.31 bits per heavy atom. The number of nitrogens with zero attached hydrogens (tertiary/aromatic N) is 1. The van der Waals surface area contributed by atoms with Crippen molar-refractivity contribution in [3.8, 4) is 23.7 Å². The van der Waals surface area contributed by atoms with Gasteiger partial charge in [-0.05, 0) is 56.1 Å². The van der Waals surface area contributed by atoms with Gasteiger partial charge in [0.05, 0.1) is 12.7 Å². The van der Waals surface area contributed by atoms with Gasteiger partial charge in [0.25, 0.3) is 5.56 Å². The second-order valence-electron chi connectivity index (χ2n) is 8.79. The monoisotopic (exact) mass is 476 g/mol. The van der Waals surface area contributed by atoms with E-state index in [1.54, 1.807) is 0 Å². The maximum atomic E-state index is 12.3. The highest BCUT2D eigenvalue weighted by atomic mass is 16.5. The molecule has 3 N–H and O–H groups in total. The molecule has 4 aromatic carbocycles.